The smallest absolute Gasteiger partial charge is 0.277 e. The van der Waals surface area contributed by atoms with Gasteiger partial charge in [-0.15, -0.1) is 0 Å². The number of carbonyl (C=O) groups excluding carboxylic acids is 2. The number of H-pyrrole nitrogens is 1. The molecule has 3 N–H and O–H groups in total. The highest BCUT2D eigenvalue weighted by Gasteiger charge is 2.30. The molecule has 1 aliphatic heterocycles. The highest BCUT2D eigenvalue weighted by molar-refractivity contribution is 6.17. The summed E-state index contributed by atoms with van der Waals surface area (Å²) < 4.78 is 0. The molecule has 2 heterocycles. The fraction of sp³-hybridized carbons (Fsp3) is 0.133. The van der Waals surface area contributed by atoms with E-state index in [1.165, 1.54) is 6.08 Å². The second-order valence-electron chi connectivity index (χ2n) is 4.75. The number of amides is 2. The lowest BCUT2D eigenvalue weighted by Crippen LogP contribution is -2.34. The molecule has 0 atom stereocenters. The summed E-state index contributed by atoms with van der Waals surface area (Å²) >= 11 is 0. The number of aromatic nitrogens is 2. The van der Waals surface area contributed by atoms with Crippen molar-refractivity contribution in [2.45, 2.75) is 0 Å². The Hall–Kier alpha value is -2.93. The van der Waals surface area contributed by atoms with E-state index < -0.39 is 11.8 Å². The number of hydrogen-bond donors (Lipinski definition) is 3. The summed E-state index contributed by atoms with van der Waals surface area (Å²) in [7, 11) is 0. The monoisotopic (exact) mass is 298 g/mol. The molecule has 0 aliphatic carbocycles. The first-order valence-corrected chi connectivity index (χ1v) is 6.74. The van der Waals surface area contributed by atoms with Crippen molar-refractivity contribution in [2.24, 2.45) is 0 Å². The SMILES string of the molecule is O=C1C=C(Nc2cccc(-c3ccn[nH]3)c2)C(=O)N1CCO. The first kappa shape index (κ1) is 14.0. The summed E-state index contributed by atoms with van der Waals surface area (Å²) in [5.41, 5.74) is 2.64. The van der Waals surface area contributed by atoms with Crippen molar-refractivity contribution in [3.8, 4) is 11.3 Å². The Morgan fingerprint density at radius 2 is 2.14 bits per heavy atom. The summed E-state index contributed by atoms with van der Waals surface area (Å²) in [6.45, 7) is -0.262. The van der Waals surface area contributed by atoms with Crippen LogP contribution in [0.4, 0.5) is 5.69 Å². The second-order valence-corrected chi connectivity index (χ2v) is 4.75. The summed E-state index contributed by atoms with van der Waals surface area (Å²) in [6.07, 6.45) is 2.89. The molecule has 0 spiro atoms. The van der Waals surface area contributed by atoms with E-state index >= 15 is 0 Å². The Balaban J connectivity index is 1.80. The Morgan fingerprint density at radius 1 is 1.27 bits per heavy atom. The van der Waals surface area contributed by atoms with E-state index in [0.717, 1.165) is 16.2 Å². The molecule has 0 fully saturated rings. The van der Waals surface area contributed by atoms with Crippen molar-refractivity contribution in [1.82, 2.24) is 15.1 Å². The molecular weight excluding hydrogens is 284 g/mol. The molecule has 7 heteroatoms. The molecule has 22 heavy (non-hydrogen) atoms. The number of rotatable bonds is 5. The third-order valence-electron chi connectivity index (χ3n) is 3.29. The minimum absolute atomic E-state index is 0.00642. The number of aliphatic hydroxyl groups is 1. The molecule has 0 bridgehead atoms. The number of imide groups is 1. The average Bonchev–Trinajstić information content (AvgIpc) is 3.13. The molecule has 7 nitrogen and oxygen atoms in total. The third-order valence-corrected chi connectivity index (χ3v) is 3.29. The quantitative estimate of drug-likeness (QED) is 0.707. The fourth-order valence-corrected chi connectivity index (χ4v) is 2.25. The van der Waals surface area contributed by atoms with Gasteiger partial charge in [-0.3, -0.25) is 19.6 Å². The van der Waals surface area contributed by atoms with Gasteiger partial charge in [0.2, 0.25) is 0 Å². The maximum absolute atomic E-state index is 12.1. The lowest BCUT2D eigenvalue weighted by molar-refractivity contribution is -0.137. The molecule has 0 unspecified atom stereocenters. The Labute approximate surface area is 126 Å². The lowest BCUT2D eigenvalue weighted by Gasteiger charge is -2.13. The van der Waals surface area contributed by atoms with Crippen LogP contribution in [0.2, 0.25) is 0 Å². The molecule has 0 saturated heterocycles. The van der Waals surface area contributed by atoms with Crippen LogP contribution in [0.1, 0.15) is 0 Å². The molecule has 2 aromatic rings. The summed E-state index contributed by atoms with van der Waals surface area (Å²) in [6, 6.07) is 9.23. The molecule has 1 aliphatic rings. The third kappa shape index (κ3) is 2.61. The largest absolute Gasteiger partial charge is 0.395 e. The average molecular weight is 298 g/mol. The van der Waals surface area contributed by atoms with Gasteiger partial charge in [0.05, 0.1) is 18.8 Å². The summed E-state index contributed by atoms with van der Waals surface area (Å²) in [4.78, 5) is 24.8. The van der Waals surface area contributed by atoms with Crippen LogP contribution in [-0.4, -0.2) is 45.2 Å². The fourth-order valence-electron chi connectivity index (χ4n) is 2.25. The topological polar surface area (TPSA) is 98.3 Å². The molecule has 0 radical (unpaired) electrons. The number of benzene rings is 1. The van der Waals surface area contributed by atoms with Crippen LogP contribution in [0.5, 0.6) is 0 Å². The number of anilines is 1. The minimum Gasteiger partial charge on any atom is -0.395 e. The normalized spacial score (nSPS) is 14.4. The van der Waals surface area contributed by atoms with Crippen molar-refractivity contribution >= 4 is 17.5 Å². The van der Waals surface area contributed by atoms with Crippen molar-refractivity contribution in [3.05, 3.63) is 48.3 Å². The number of nitrogens with zero attached hydrogens (tertiary/aromatic N) is 2. The van der Waals surface area contributed by atoms with Gasteiger partial charge in [-0.2, -0.15) is 5.10 Å². The van der Waals surface area contributed by atoms with E-state index in [-0.39, 0.29) is 18.8 Å². The van der Waals surface area contributed by atoms with Crippen LogP contribution in [0.25, 0.3) is 11.3 Å². The second kappa shape index (κ2) is 5.82. The molecule has 1 aromatic carbocycles. The van der Waals surface area contributed by atoms with Crippen LogP contribution in [0.15, 0.2) is 48.3 Å². The zero-order valence-corrected chi connectivity index (χ0v) is 11.6. The Bertz CT molecular complexity index is 737. The van der Waals surface area contributed by atoms with Gasteiger partial charge in [-0.25, -0.2) is 0 Å². The van der Waals surface area contributed by atoms with E-state index in [0.29, 0.717) is 5.69 Å². The predicted octanol–water partition coefficient (Wildman–Crippen LogP) is 0.734. The van der Waals surface area contributed by atoms with Crippen LogP contribution < -0.4 is 5.32 Å². The molecular formula is C15H14N4O3. The van der Waals surface area contributed by atoms with E-state index in [2.05, 4.69) is 15.5 Å². The number of hydrogen-bond acceptors (Lipinski definition) is 5. The molecule has 112 valence electrons. The number of β-amino-alcohol motifs (C(OH)–C–C–N with tert-alkyl or cyclic N) is 1. The van der Waals surface area contributed by atoms with Crippen LogP contribution in [-0.2, 0) is 9.59 Å². The number of nitrogens with one attached hydrogen (secondary N) is 2. The lowest BCUT2D eigenvalue weighted by atomic mass is 10.1. The highest BCUT2D eigenvalue weighted by Crippen LogP contribution is 2.22. The summed E-state index contributed by atoms with van der Waals surface area (Å²) in [5.74, 6) is -0.864. The van der Waals surface area contributed by atoms with Crippen molar-refractivity contribution in [1.29, 1.82) is 0 Å². The maximum atomic E-state index is 12.1. The van der Waals surface area contributed by atoms with Gasteiger partial charge >= 0.3 is 0 Å². The van der Waals surface area contributed by atoms with E-state index in [4.69, 9.17) is 5.11 Å². The van der Waals surface area contributed by atoms with Crippen molar-refractivity contribution < 1.29 is 14.7 Å². The molecule has 0 saturated carbocycles. The first-order valence-electron chi connectivity index (χ1n) is 6.74. The van der Waals surface area contributed by atoms with Gasteiger partial charge < -0.3 is 10.4 Å². The number of aromatic amines is 1. The standard InChI is InChI=1S/C15H14N4O3/c20-7-6-19-14(21)9-13(15(19)22)17-11-3-1-2-10(8-11)12-4-5-16-18-12/h1-5,8-9,17,20H,6-7H2,(H,16,18). The molecule has 2 amide bonds. The Kier molecular flexibility index (Phi) is 3.71. The first-order chi connectivity index (χ1) is 10.7. The van der Waals surface area contributed by atoms with Crippen molar-refractivity contribution in [3.63, 3.8) is 0 Å². The van der Waals surface area contributed by atoms with Crippen LogP contribution in [0, 0.1) is 0 Å². The van der Waals surface area contributed by atoms with Crippen LogP contribution in [0.3, 0.4) is 0 Å². The van der Waals surface area contributed by atoms with Gasteiger partial charge in [-0.1, -0.05) is 12.1 Å². The minimum atomic E-state index is -0.439. The highest BCUT2D eigenvalue weighted by atomic mass is 16.3. The zero-order valence-electron chi connectivity index (χ0n) is 11.6. The van der Waals surface area contributed by atoms with E-state index in [9.17, 15) is 9.59 Å². The van der Waals surface area contributed by atoms with Crippen molar-refractivity contribution in [2.75, 3.05) is 18.5 Å². The summed E-state index contributed by atoms with van der Waals surface area (Å²) in [5, 5.41) is 18.6. The van der Waals surface area contributed by atoms with Gasteiger partial charge in [0, 0.05) is 23.5 Å². The molecule has 3 rings (SSSR count). The van der Waals surface area contributed by atoms with Gasteiger partial charge in [0.15, 0.2) is 0 Å². The van der Waals surface area contributed by atoms with Crippen LogP contribution >= 0.6 is 0 Å². The van der Waals surface area contributed by atoms with Gasteiger partial charge in [0.25, 0.3) is 11.8 Å². The van der Waals surface area contributed by atoms with Gasteiger partial charge in [0.1, 0.15) is 5.70 Å². The number of aliphatic hydroxyl groups excluding tert-OH is 1. The van der Waals surface area contributed by atoms with Gasteiger partial charge in [-0.05, 0) is 18.2 Å². The van der Waals surface area contributed by atoms with E-state index in [1.807, 2.05) is 24.3 Å². The maximum Gasteiger partial charge on any atom is 0.277 e. The number of carbonyl (C=O) groups is 2. The predicted molar refractivity (Wildman–Crippen MR) is 79.5 cm³/mol. The zero-order chi connectivity index (χ0) is 15.5. The Morgan fingerprint density at radius 3 is 2.86 bits per heavy atom. The molecule has 1 aromatic heterocycles. The van der Waals surface area contributed by atoms with E-state index in [1.54, 1.807) is 12.3 Å².